The van der Waals surface area contributed by atoms with Crippen LogP contribution in [0.1, 0.15) is 17.5 Å². The Balaban J connectivity index is 1.74. The number of fused-ring (bicyclic) bond motifs is 1. The number of rotatable bonds is 2. The number of nitrogens with two attached hydrogens (primary N) is 1. The molecule has 5 heteroatoms. The smallest absolute Gasteiger partial charge is 0.0623 e. The minimum atomic E-state index is -0.906. The van der Waals surface area contributed by atoms with Crippen molar-refractivity contribution in [3.63, 3.8) is 0 Å². The molecule has 104 valence electrons. The van der Waals surface area contributed by atoms with Crippen LogP contribution in [0.3, 0.4) is 0 Å². The molecule has 0 bridgehead atoms. The first-order valence-corrected chi connectivity index (χ1v) is 8.22. The lowest BCUT2D eigenvalue weighted by Gasteiger charge is -2.33. The van der Waals surface area contributed by atoms with Gasteiger partial charge in [-0.15, -0.1) is 0 Å². The van der Waals surface area contributed by atoms with E-state index in [2.05, 4.69) is 17.0 Å². The van der Waals surface area contributed by atoms with Gasteiger partial charge in [-0.3, -0.25) is 9.11 Å². The molecule has 1 unspecified atom stereocenters. The van der Waals surface area contributed by atoms with Crippen molar-refractivity contribution >= 4 is 10.8 Å². The molecule has 19 heavy (non-hydrogen) atoms. The summed E-state index contributed by atoms with van der Waals surface area (Å²) < 4.78 is 17.1. The van der Waals surface area contributed by atoms with Gasteiger partial charge in [0.1, 0.15) is 0 Å². The Morgan fingerprint density at radius 3 is 2.84 bits per heavy atom. The molecule has 0 amide bonds. The molecule has 2 aliphatic rings. The highest BCUT2D eigenvalue weighted by Crippen LogP contribution is 2.28. The molecule has 1 fully saturated rings. The fourth-order valence-corrected chi connectivity index (χ4v) is 3.50. The monoisotopic (exact) mass is 280 g/mol. The molecule has 2 aliphatic heterocycles. The maximum absolute atomic E-state index is 11.5. The van der Waals surface area contributed by atoms with Gasteiger partial charge >= 0.3 is 0 Å². The lowest BCUT2D eigenvalue weighted by molar-refractivity contribution is 0.00549. The van der Waals surface area contributed by atoms with E-state index in [0.29, 0.717) is 12.6 Å². The molecule has 0 spiro atoms. The summed E-state index contributed by atoms with van der Waals surface area (Å²) in [7, 11) is -0.906. The lowest BCUT2D eigenvalue weighted by atomic mass is 10.1. The molecule has 0 radical (unpaired) electrons. The highest BCUT2D eigenvalue weighted by molar-refractivity contribution is 7.84. The molecule has 3 rings (SSSR count). The third-order valence-electron chi connectivity index (χ3n) is 3.99. The molecule has 4 nitrogen and oxygen atoms in total. The first-order chi connectivity index (χ1) is 9.13. The van der Waals surface area contributed by atoms with Crippen LogP contribution < -0.4 is 5.73 Å². The van der Waals surface area contributed by atoms with Crippen LogP contribution in [0.15, 0.2) is 23.1 Å². The van der Waals surface area contributed by atoms with Gasteiger partial charge in [0.15, 0.2) is 0 Å². The van der Waals surface area contributed by atoms with Crippen molar-refractivity contribution in [1.82, 2.24) is 4.90 Å². The van der Waals surface area contributed by atoms with Crippen LogP contribution in [0.4, 0.5) is 0 Å². The van der Waals surface area contributed by atoms with Crippen LogP contribution in [0, 0.1) is 0 Å². The normalized spacial score (nSPS) is 29.2. The number of hydrogen-bond donors (Lipinski definition) is 1. The molecule has 0 aromatic heterocycles. The maximum atomic E-state index is 11.5. The minimum Gasteiger partial charge on any atom is -0.378 e. The van der Waals surface area contributed by atoms with Gasteiger partial charge in [0.05, 0.1) is 13.2 Å². The Morgan fingerprint density at radius 2 is 2.11 bits per heavy atom. The molecule has 1 saturated heterocycles. The summed E-state index contributed by atoms with van der Waals surface area (Å²) in [6.45, 7) is 3.32. The Kier molecular flexibility index (Phi) is 3.71. The second kappa shape index (κ2) is 5.32. The average Bonchev–Trinajstić information content (AvgIpc) is 2.81. The minimum absolute atomic E-state index is 0.154. The zero-order valence-electron chi connectivity index (χ0n) is 11.2. The SMILES string of the molecule is CS(=O)c1ccc2c(c1)CN([C@H]1COC[C@@H](N)C1)C2. The molecule has 0 aliphatic carbocycles. The van der Waals surface area contributed by atoms with Crippen LogP contribution in [-0.4, -0.2) is 40.7 Å². The van der Waals surface area contributed by atoms with E-state index < -0.39 is 10.8 Å². The zero-order chi connectivity index (χ0) is 13.4. The van der Waals surface area contributed by atoms with Crippen molar-refractivity contribution in [1.29, 1.82) is 0 Å². The summed E-state index contributed by atoms with van der Waals surface area (Å²) in [6, 6.07) is 6.72. The highest BCUT2D eigenvalue weighted by Gasteiger charge is 2.30. The second-order valence-corrected chi connectivity index (χ2v) is 6.86. The Labute approximate surface area is 116 Å². The zero-order valence-corrected chi connectivity index (χ0v) is 12.0. The summed E-state index contributed by atoms with van der Waals surface area (Å²) in [5, 5.41) is 0. The van der Waals surface area contributed by atoms with E-state index in [1.54, 1.807) is 6.26 Å². The van der Waals surface area contributed by atoms with Gasteiger partial charge < -0.3 is 10.5 Å². The van der Waals surface area contributed by atoms with Gasteiger partial charge in [-0.2, -0.15) is 0 Å². The number of nitrogens with zero attached hydrogens (tertiary/aromatic N) is 1. The van der Waals surface area contributed by atoms with E-state index in [9.17, 15) is 4.21 Å². The van der Waals surface area contributed by atoms with Crippen molar-refractivity contribution in [2.45, 2.75) is 36.5 Å². The van der Waals surface area contributed by atoms with Gasteiger partial charge in [0.2, 0.25) is 0 Å². The van der Waals surface area contributed by atoms with Crippen molar-refractivity contribution in [3.05, 3.63) is 29.3 Å². The van der Waals surface area contributed by atoms with Crippen molar-refractivity contribution < 1.29 is 8.95 Å². The van der Waals surface area contributed by atoms with E-state index in [-0.39, 0.29) is 6.04 Å². The molecule has 1 aromatic carbocycles. The molecular weight excluding hydrogens is 260 g/mol. The summed E-state index contributed by atoms with van der Waals surface area (Å²) in [5.41, 5.74) is 8.61. The van der Waals surface area contributed by atoms with Crippen LogP contribution in [0.25, 0.3) is 0 Å². The predicted molar refractivity (Wildman–Crippen MR) is 75.2 cm³/mol. The Hall–Kier alpha value is -0.750. The van der Waals surface area contributed by atoms with Crippen LogP contribution in [0.2, 0.25) is 0 Å². The molecule has 1 aromatic rings. The molecule has 0 saturated carbocycles. The van der Waals surface area contributed by atoms with Crippen LogP contribution in [-0.2, 0) is 28.6 Å². The maximum Gasteiger partial charge on any atom is 0.0623 e. The first kappa shape index (κ1) is 13.2. The van der Waals surface area contributed by atoms with E-state index >= 15 is 0 Å². The van der Waals surface area contributed by atoms with Crippen molar-refractivity contribution in [2.75, 3.05) is 19.5 Å². The molecule has 2 heterocycles. The lowest BCUT2D eigenvalue weighted by Crippen LogP contribution is -2.46. The molecular formula is C14H20N2O2S. The fraction of sp³-hybridized carbons (Fsp3) is 0.571. The summed E-state index contributed by atoms with van der Waals surface area (Å²) in [4.78, 5) is 3.34. The van der Waals surface area contributed by atoms with Gasteiger partial charge in [-0.1, -0.05) is 6.07 Å². The van der Waals surface area contributed by atoms with E-state index in [0.717, 1.165) is 31.0 Å². The predicted octanol–water partition coefficient (Wildman–Crippen LogP) is 0.856. The van der Waals surface area contributed by atoms with Gasteiger partial charge in [0.25, 0.3) is 0 Å². The van der Waals surface area contributed by atoms with Crippen LogP contribution >= 0.6 is 0 Å². The van der Waals surface area contributed by atoms with E-state index in [4.69, 9.17) is 10.5 Å². The third-order valence-corrected chi connectivity index (χ3v) is 4.91. The number of ether oxygens (including phenoxy) is 1. The van der Waals surface area contributed by atoms with E-state index in [1.165, 1.54) is 11.1 Å². The fourth-order valence-electron chi connectivity index (χ4n) is 2.93. The average molecular weight is 280 g/mol. The second-order valence-electron chi connectivity index (χ2n) is 5.48. The van der Waals surface area contributed by atoms with Gasteiger partial charge in [-0.05, 0) is 29.7 Å². The summed E-state index contributed by atoms with van der Waals surface area (Å²) in [5.74, 6) is 0. The first-order valence-electron chi connectivity index (χ1n) is 6.66. The van der Waals surface area contributed by atoms with Crippen molar-refractivity contribution in [2.24, 2.45) is 5.73 Å². The largest absolute Gasteiger partial charge is 0.378 e. The Morgan fingerprint density at radius 1 is 1.32 bits per heavy atom. The van der Waals surface area contributed by atoms with Crippen LogP contribution in [0.5, 0.6) is 0 Å². The number of hydrogen-bond acceptors (Lipinski definition) is 4. The van der Waals surface area contributed by atoms with Crippen molar-refractivity contribution in [3.8, 4) is 0 Å². The van der Waals surface area contributed by atoms with E-state index in [1.807, 2.05) is 6.07 Å². The summed E-state index contributed by atoms with van der Waals surface area (Å²) in [6.07, 6.45) is 2.73. The topological polar surface area (TPSA) is 55.6 Å². The third kappa shape index (κ3) is 2.74. The standard InChI is InChI=1S/C14H20N2O2S/c1-19(17)14-3-2-10-6-16(7-11(10)4-14)13-5-12(15)8-18-9-13/h2-4,12-13H,5-9,15H2,1H3/t12-,13+,19?/m0/s1. The Bertz CT molecular complexity index is 506. The molecule has 2 N–H and O–H groups in total. The van der Waals surface area contributed by atoms with Gasteiger partial charge in [-0.25, -0.2) is 0 Å². The molecule has 3 atom stereocenters. The van der Waals surface area contributed by atoms with Gasteiger partial charge in [0, 0.05) is 47.1 Å². The summed E-state index contributed by atoms with van der Waals surface area (Å²) >= 11 is 0. The highest BCUT2D eigenvalue weighted by atomic mass is 32.2. The number of benzene rings is 1. The quantitative estimate of drug-likeness (QED) is 0.873.